The maximum atomic E-state index is 6.67. The van der Waals surface area contributed by atoms with Crippen molar-refractivity contribution >= 4 is 134 Å². The summed E-state index contributed by atoms with van der Waals surface area (Å²) in [4.78, 5) is 2.40. The number of para-hydroxylation sites is 2. The fourth-order valence-electron chi connectivity index (χ4n) is 8.34. The van der Waals surface area contributed by atoms with Gasteiger partial charge in [-0.15, -0.1) is 34.0 Å². The van der Waals surface area contributed by atoms with Crippen LogP contribution in [0.2, 0.25) is 0 Å². The summed E-state index contributed by atoms with van der Waals surface area (Å²) >= 11 is 5.66. The van der Waals surface area contributed by atoms with Gasteiger partial charge in [0.1, 0.15) is 5.58 Å². The van der Waals surface area contributed by atoms with E-state index in [1.165, 1.54) is 71.6 Å². The standard InChI is InChI=1S/C48H27NOS3/c1-4-18-39-31(10-1)34-14-7-16-37(46(34)50-39)49(38-17-8-15-35-32-11-2-5-19-40(32)52-47(35)38)29-24-22-28(23-25-29)30-13-9-21-42-44(30)45-43(51-42)27-26-36-33-12-3-6-20-41(33)53-48(36)45/h1-27H. The molecule has 5 heteroatoms. The van der Waals surface area contributed by atoms with E-state index in [1.807, 2.05) is 40.1 Å². The Bertz CT molecular complexity index is 3300. The van der Waals surface area contributed by atoms with E-state index in [1.54, 1.807) is 0 Å². The van der Waals surface area contributed by atoms with Crippen molar-refractivity contribution in [2.75, 3.05) is 4.90 Å². The zero-order valence-electron chi connectivity index (χ0n) is 28.2. The predicted molar refractivity (Wildman–Crippen MR) is 233 cm³/mol. The van der Waals surface area contributed by atoms with E-state index >= 15 is 0 Å². The summed E-state index contributed by atoms with van der Waals surface area (Å²) in [6, 6.07) is 59.7. The smallest absolute Gasteiger partial charge is 0.159 e. The Morgan fingerprint density at radius 2 is 0.981 bits per heavy atom. The molecule has 4 aromatic heterocycles. The van der Waals surface area contributed by atoms with Crippen LogP contribution in [0.25, 0.3) is 93.6 Å². The third-order valence-electron chi connectivity index (χ3n) is 10.7. The van der Waals surface area contributed by atoms with E-state index in [0.717, 1.165) is 39.0 Å². The molecule has 0 N–H and O–H groups in total. The minimum atomic E-state index is 0.887. The summed E-state index contributed by atoms with van der Waals surface area (Å²) < 4.78 is 14.6. The third kappa shape index (κ3) is 4.30. The van der Waals surface area contributed by atoms with Gasteiger partial charge < -0.3 is 9.32 Å². The van der Waals surface area contributed by atoms with Crippen LogP contribution < -0.4 is 4.90 Å². The molecule has 0 aliphatic rings. The Balaban J connectivity index is 1.09. The van der Waals surface area contributed by atoms with Gasteiger partial charge in [-0.05, 0) is 65.7 Å². The number of anilines is 3. The average Bonchev–Trinajstić information content (AvgIpc) is 3.98. The highest BCUT2D eigenvalue weighted by molar-refractivity contribution is 7.30. The molecule has 4 heterocycles. The lowest BCUT2D eigenvalue weighted by molar-refractivity contribution is 0.669. The van der Waals surface area contributed by atoms with Crippen LogP contribution in [0, 0.1) is 0 Å². The molecule has 8 aromatic carbocycles. The maximum absolute atomic E-state index is 6.67. The molecule has 0 aliphatic carbocycles. The Kier molecular flexibility index (Phi) is 6.28. The molecule has 0 atom stereocenters. The van der Waals surface area contributed by atoms with Crippen molar-refractivity contribution in [1.82, 2.24) is 0 Å². The third-order valence-corrected chi connectivity index (χ3v) is 14.2. The van der Waals surface area contributed by atoms with Gasteiger partial charge in [0, 0.05) is 72.3 Å². The van der Waals surface area contributed by atoms with E-state index in [9.17, 15) is 0 Å². The van der Waals surface area contributed by atoms with Crippen molar-refractivity contribution in [3.63, 3.8) is 0 Å². The number of hydrogen-bond acceptors (Lipinski definition) is 5. The Morgan fingerprint density at radius 1 is 0.377 bits per heavy atom. The van der Waals surface area contributed by atoms with Crippen LogP contribution in [0.1, 0.15) is 0 Å². The second kappa shape index (κ2) is 11.3. The highest BCUT2D eigenvalue weighted by atomic mass is 32.1. The van der Waals surface area contributed by atoms with Crippen LogP contribution in [0.3, 0.4) is 0 Å². The number of hydrogen-bond donors (Lipinski definition) is 0. The Morgan fingerprint density at radius 3 is 1.79 bits per heavy atom. The molecule has 248 valence electrons. The molecule has 0 unspecified atom stereocenters. The fourth-order valence-corrected chi connectivity index (χ4v) is 12.0. The van der Waals surface area contributed by atoms with Crippen molar-refractivity contribution in [2.45, 2.75) is 0 Å². The molecule has 0 spiro atoms. The Labute approximate surface area is 316 Å². The van der Waals surface area contributed by atoms with Gasteiger partial charge in [0.15, 0.2) is 5.58 Å². The van der Waals surface area contributed by atoms with E-state index in [4.69, 9.17) is 4.42 Å². The molecular formula is C48H27NOS3. The van der Waals surface area contributed by atoms with Crippen LogP contribution in [-0.4, -0.2) is 0 Å². The molecule has 0 radical (unpaired) electrons. The second-order valence-corrected chi connectivity index (χ2v) is 16.8. The molecule has 0 aliphatic heterocycles. The van der Waals surface area contributed by atoms with Crippen molar-refractivity contribution in [1.29, 1.82) is 0 Å². The summed E-state index contributed by atoms with van der Waals surface area (Å²) in [6.07, 6.45) is 0. The van der Waals surface area contributed by atoms with Gasteiger partial charge in [-0.2, -0.15) is 0 Å². The zero-order chi connectivity index (χ0) is 34.6. The molecule has 0 saturated carbocycles. The lowest BCUT2D eigenvalue weighted by Crippen LogP contribution is -2.10. The summed E-state index contributed by atoms with van der Waals surface area (Å²) in [5.41, 5.74) is 7.51. The molecule has 12 aromatic rings. The minimum absolute atomic E-state index is 0.887. The fraction of sp³-hybridized carbons (Fsp3) is 0. The van der Waals surface area contributed by atoms with Crippen molar-refractivity contribution < 1.29 is 4.42 Å². The first kappa shape index (κ1) is 29.6. The van der Waals surface area contributed by atoms with Gasteiger partial charge in [-0.25, -0.2) is 0 Å². The van der Waals surface area contributed by atoms with E-state index in [2.05, 4.69) is 163 Å². The van der Waals surface area contributed by atoms with Gasteiger partial charge in [0.25, 0.3) is 0 Å². The quantitative estimate of drug-likeness (QED) is 0.179. The first-order chi connectivity index (χ1) is 26.3. The predicted octanol–water partition coefficient (Wildman–Crippen LogP) is 15.8. The lowest BCUT2D eigenvalue weighted by Gasteiger charge is -2.26. The van der Waals surface area contributed by atoms with Crippen LogP contribution >= 0.6 is 34.0 Å². The molecular weight excluding hydrogens is 703 g/mol. The first-order valence-corrected chi connectivity index (χ1v) is 20.2. The number of furan rings is 1. The van der Waals surface area contributed by atoms with E-state index < -0.39 is 0 Å². The average molecular weight is 730 g/mol. The Hall–Kier alpha value is -5.98. The highest BCUT2D eigenvalue weighted by Gasteiger charge is 2.23. The molecule has 0 amide bonds. The molecule has 0 saturated heterocycles. The van der Waals surface area contributed by atoms with Crippen LogP contribution in [-0.2, 0) is 0 Å². The van der Waals surface area contributed by atoms with Gasteiger partial charge in [0.2, 0.25) is 0 Å². The molecule has 53 heavy (non-hydrogen) atoms. The van der Waals surface area contributed by atoms with Crippen LogP contribution in [0.5, 0.6) is 0 Å². The molecule has 0 fully saturated rings. The second-order valence-electron chi connectivity index (χ2n) is 13.6. The number of benzene rings is 8. The zero-order valence-corrected chi connectivity index (χ0v) is 30.6. The summed E-state index contributed by atoms with van der Waals surface area (Å²) in [5.74, 6) is 0. The largest absolute Gasteiger partial charge is 0.454 e. The molecule has 2 nitrogen and oxygen atoms in total. The SMILES string of the molecule is c1ccc2c(c1)oc1c(N(c3ccc(-c4cccc5sc6ccc7c8ccccc8sc7c6c45)cc3)c3cccc4c3sc3ccccc34)cccc12. The van der Waals surface area contributed by atoms with Crippen molar-refractivity contribution in [3.8, 4) is 11.1 Å². The van der Waals surface area contributed by atoms with Crippen LogP contribution in [0.4, 0.5) is 17.1 Å². The van der Waals surface area contributed by atoms with Crippen LogP contribution in [0.15, 0.2) is 168 Å². The maximum Gasteiger partial charge on any atom is 0.159 e. The normalized spacial score (nSPS) is 12.2. The van der Waals surface area contributed by atoms with Crippen molar-refractivity contribution in [2.24, 2.45) is 0 Å². The van der Waals surface area contributed by atoms with E-state index in [0.29, 0.717) is 0 Å². The summed E-state index contributed by atoms with van der Waals surface area (Å²) in [7, 11) is 0. The minimum Gasteiger partial charge on any atom is -0.454 e. The molecule has 0 bridgehead atoms. The van der Waals surface area contributed by atoms with Gasteiger partial charge in [0.05, 0.1) is 16.1 Å². The number of fused-ring (bicyclic) bond motifs is 13. The number of nitrogens with zero attached hydrogens (tertiary/aromatic N) is 1. The highest BCUT2D eigenvalue weighted by Crippen LogP contribution is 2.50. The monoisotopic (exact) mass is 729 g/mol. The van der Waals surface area contributed by atoms with Gasteiger partial charge >= 0.3 is 0 Å². The first-order valence-electron chi connectivity index (χ1n) is 17.7. The van der Waals surface area contributed by atoms with Crippen molar-refractivity contribution in [3.05, 3.63) is 164 Å². The van der Waals surface area contributed by atoms with Gasteiger partial charge in [-0.1, -0.05) is 109 Å². The topological polar surface area (TPSA) is 16.4 Å². The summed E-state index contributed by atoms with van der Waals surface area (Å²) in [6.45, 7) is 0. The number of thiophene rings is 3. The van der Waals surface area contributed by atoms with E-state index in [-0.39, 0.29) is 0 Å². The summed E-state index contributed by atoms with van der Waals surface area (Å²) in [5, 5.41) is 10.2. The lowest BCUT2D eigenvalue weighted by atomic mass is 9.98. The van der Waals surface area contributed by atoms with Gasteiger partial charge in [-0.3, -0.25) is 0 Å². The number of rotatable bonds is 4. The molecule has 12 rings (SSSR count).